The number of methoxy groups -OCH3 is 1. The number of urea groups is 1. The zero-order valence-corrected chi connectivity index (χ0v) is 12.7. The van der Waals surface area contributed by atoms with E-state index < -0.39 is 24.5 Å². The summed E-state index contributed by atoms with van der Waals surface area (Å²) in [7, 11) is 2.92. The van der Waals surface area contributed by atoms with E-state index in [1.54, 1.807) is 25.3 Å². The number of carbonyl (C=O) groups excluding carboxylic acids is 3. The van der Waals surface area contributed by atoms with Gasteiger partial charge in [0.2, 0.25) is 0 Å². The molecule has 122 valence electrons. The normalized spacial score (nSPS) is 10.2. The summed E-state index contributed by atoms with van der Waals surface area (Å²) in [6.45, 7) is -0.532. The lowest BCUT2D eigenvalue weighted by Gasteiger charge is -2.05. The van der Waals surface area contributed by atoms with Gasteiger partial charge >= 0.3 is 12.0 Å². The SMILES string of the molecule is CNC(=O)NC(=O)COC(=O)Cc1coc2cc(OC)ccc12. The third-order valence-electron chi connectivity index (χ3n) is 3.04. The van der Waals surface area contributed by atoms with Crippen LogP contribution in [0.3, 0.4) is 0 Å². The first-order valence-corrected chi connectivity index (χ1v) is 6.74. The summed E-state index contributed by atoms with van der Waals surface area (Å²) >= 11 is 0. The molecule has 0 spiro atoms. The van der Waals surface area contributed by atoms with Crippen molar-refractivity contribution in [3.8, 4) is 5.75 Å². The van der Waals surface area contributed by atoms with Crippen molar-refractivity contribution in [1.29, 1.82) is 0 Å². The van der Waals surface area contributed by atoms with E-state index in [1.807, 2.05) is 5.32 Å². The van der Waals surface area contributed by atoms with Gasteiger partial charge in [-0.25, -0.2) is 4.79 Å². The average Bonchev–Trinajstić information content (AvgIpc) is 2.94. The molecule has 23 heavy (non-hydrogen) atoms. The molecule has 0 atom stereocenters. The van der Waals surface area contributed by atoms with Crippen LogP contribution < -0.4 is 15.4 Å². The number of benzene rings is 1. The van der Waals surface area contributed by atoms with Crippen LogP contribution >= 0.6 is 0 Å². The molecule has 0 bridgehead atoms. The monoisotopic (exact) mass is 320 g/mol. The second kappa shape index (κ2) is 7.30. The molecule has 3 amide bonds. The minimum atomic E-state index is -0.709. The fourth-order valence-corrected chi connectivity index (χ4v) is 1.91. The standard InChI is InChI=1S/C15H16N2O6/c1-16-15(20)17-13(18)8-23-14(19)5-9-7-22-12-6-10(21-2)3-4-11(9)12/h3-4,6-7H,5,8H2,1-2H3,(H2,16,17,18,20). The Morgan fingerprint density at radius 1 is 1.26 bits per heavy atom. The predicted octanol–water partition coefficient (Wildman–Crippen LogP) is 0.983. The Morgan fingerprint density at radius 2 is 2.04 bits per heavy atom. The van der Waals surface area contributed by atoms with Gasteiger partial charge < -0.3 is 19.2 Å². The number of imide groups is 1. The lowest BCUT2D eigenvalue weighted by molar-refractivity contribution is -0.147. The number of ether oxygens (including phenoxy) is 2. The van der Waals surface area contributed by atoms with Gasteiger partial charge in [0.25, 0.3) is 5.91 Å². The van der Waals surface area contributed by atoms with Gasteiger partial charge in [-0.2, -0.15) is 0 Å². The van der Waals surface area contributed by atoms with Gasteiger partial charge in [-0.15, -0.1) is 0 Å². The fraction of sp³-hybridized carbons (Fsp3) is 0.267. The first-order valence-electron chi connectivity index (χ1n) is 6.74. The van der Waals surface area contributed by atoms with Crippen molar-refractivity contribution in [2.75, 3.05) is 20.8 Å². The smallest absolute Gasteiger partial charge is 0.321 e. The van der Waals surface area contributed by atoms with Crippen LogP contribution in [0.5, 0.6) is 5.75 Å². The minimum absolute atomic E-state index is 0.0490. The molecule has 0 aliphatic rings. The van der Waals surface area contributed by atoms with Crippen molar-refractivity contribution in [3.05, 3.63) is 30.0 Å². The lowest BCUT2D eigenvalue weighted by Crippen LogP contribution is -2.39. The molecule has 1 aromatic heterocycles. The predicted molar refractivity (Wildman–Crippen MR) is 80.0 cm³/mol. The van der Waals surface area contributed by atoms with Crippen LogP contribution in [0.25, 0.3) is 11.0 Å². The van der Waals surface area contributed by atoms with E-state index in [0.717, 1.165) is 5.39 Å². The summed E-state index contributed by atoms with van der Waals surface area (Å²) in [5.74, 6) is -0.665. The van der Waals surface area contributed by atoms with Crippen molar-refractivity contribution in [1.82, 2.24) is 10.6 Å². The third-order valence-corrected chi connectivity index (χ3v) is 3.04. The summed E-state index contributed by atoms with van der Waals surface area (Å²) in [5, 5.41) is 4.96. The van der Waals surface area contributed by atoms with Gasteiger partial charge in [-0.3, -0.25) is 14.9 Å². The lowest BCUT2D eigenvalue weighted by atomic mass is 10.1. The number of hydrogen-bond donors (Lipinski definition) is 2. The molecule has 0 aliphatic carbocycles. The van der Waals surface area contributed by atoms with E-state index in [9.17, 15) is 14.4 Å². The van der Waals surface area contributed by atoms with Crippen LogP contribution in [0.4, 0.5) is 4.79 Å². The Bertz CT molecular complexity index is 737. The van der Waals surface area contributed by atoms with Gasteiger partial charge in [0, 0.05) is 24.1 Å². The number of amides is 3. The molecular formula is C15H16N2O6. The summed E-state index contributed by atoms with van der Waals surface area (Å²) in [6.07, 6.45) is 1.41. The zero-order valence-electron chi connectivity index (χ0n) is 12.7. The summed E-state index contributed by atoms with van der Waals surface area (Å²) in [4.78, 5) is 34.0. The van der Waals surface area contributed by atoms with Crippen LogP contribution in [0.2, 0.25) is 0 Å². The van der Waals surface area contributed by atoms with E-state index >= 15 is 0 Å². The summed E-state index contributed by atoms with van der Waals surface area (Å²) in [5.41, 5.74) is 1.23. The first kappa shape index (κ1) is 16.3. The van der Waals surface area contributed by atoms with E-state index in [0.29, 0.717) is 16.9 Å². The maximum absolute atomic E-state index is 11.8. The molecule has 0 radical (unpaired) electrons. The Morgan fingerprint density at radius 3 is 2.74 bits per heavy atom. The number of hydrogen-bond acceptors (Lipinski definition) is 6. The number of furan rings is 1. The second-order valence-electron chi connectivity index (χ2n) is 4.59. The highest BCUT2D eigenvalue weighted by Crippen LogP contribution is 2.25. The molecule has 2 rings (SSSR count). The molecule has 8 heteroatoms. The van der Waals surface area contributed by atoms with Crippen LogP contribution in [-0.4, -0.2) is 38.7 Å². The Labute approximate surface area is 131 Å². The van der Waals surface area contributed by atoms with Gasteiger partial charge in [0.15, 0.2) is 6.61 Å². The summed E-state index contributed by atoms with van der Waals surface area (Å²) in [6, 6.07) is 4.57. The molecule has 0 unspecified atom stereocenters. The largest absolute Gasteiger partial charge is 0.497 e. The highest BCUT2D eigenvalue weighted by molar-refractivity contribution is 5.95. The van der Waals surface area contributed by atoms with Crippen LogP contribution in [-0.2, 0) is 20.7 Å². The molecule has 0 saturated heterocycles. The van der Waals surface area contributed by atoms with E-state index in [1.165, 1.54) is 13.3 Å². The molecule has 2 N–H and O–H groups in total. The molecule has 1 aromatic carbocycles. The first-order chi connectivity index (χ1) is 11.0. The third kappa shape index (κ3) is 4.22. The van der Waals surface area contributed by atoms with Crippen molar-refractivity contribution < 1.29 is 28.3 Å². The number of esters is 1. The van der Waals surface area contributed by atoms with Crippen LogP contribution in [0, 0.1) is 0 Å². The number of carbonyl (C=O) groups is 3. The van der Waals surface area contributed by atoms with Crippen molar-refractivity contribution in [3.63, 3.8) is 0 Å². The summed E-state index contributed by atoms with van der Waals surface area (Å²) < 4.78 is 15.3. The van der Waals surface area contributed by atoms with Gasteiger partial charge in [-0.05, 0) is 12.1 Å². The highest BCUT2D eigenvalue weighted by Gasteiger charge is 2.14. The quantitative estimate of drug-likeness (QED) is 0.795. The van der Waals surface area contributed by atoms with Gasteiger partial charge in [0.05, 0.1) is 19.8 Å². The second-order valence-corrected chi connectivity index (χ2v) is 4.59. The van der Waals surface area contributed by atoms with Crippen molar-refractivity contribution in [2.45, 2.75) is 6.42 Å². The number of nitrogens with one attached hydrogen (secondary N) is 2. The number of fused-ring (bicyclic) bond motifs is 1. The molecular weight excluding hydrogens is 304 g/mol. The molecule has 0 fully saturated rings. The molecule has 8 nitrogen and oxygen atoms in total. The fourth-order valence-electron chi connectivity index (χ4n) is 1.91. The topological polar surface area (TPSA) is 107 Å². The average molecular weight is 320 g/mol. The van der Waals surface area contributed by atoms with Gasteiger partial charge in [0.1, 0.15) is 11.3 Å². The molecule has 0 aliphatic heterocycles. The maximum Gasteiger partial charge on any atom is 0.321 e. The van der Waals surface area contributed by atoms with Gasteiger partial charge in [-0.1, -0.05) is 0 Å². The van der Waals surface area contributed by atoms with Crippen molar-refractivity contribution >= 4 is 28.9 Å². The van der Waals surface area contributed by atoms with Crippen molar-refractivity contribution in [2.24, 2.45) is 0 Å². The molecule has 2 aromatic rings. The molecule has 0 saturated carbocycles. The Balaban J connectivity index is 1.93. The van der Waals surface area contributed by atoms with Crippen LogP contribution in [0.1, 0.15) is 5.56 Å². The number of rotatable bonds is 5. The minimum Gasteiger partial charge on any atom is -0.497 e. The Kier molecular flexibility index (Phi) is 5.19. The maximum atomic E-state index is 11.8. The Hall–Kier alpha value is -3.03. The molecule has 1 heterocycles. The highest BCUT2D eigenvalue weighted by atomic mass is 16.5. The van der Waals surface area contributed by atoms with Crippen LogP contribution in [0.15, 0.2) is 28.9 Å². The van der Waals surface area contributed by atoms with E-state index in [4.69, 9.17) is 13.9 Å². The van der Waals surface area contributed by atoms with E-state index in [-0.39, 0.29) is 6.42 Å². The van der Waals surface area contributed by atoms with E-state index in [2.05, 4.69) is 5.32 Å². The zero-order chi connectivity index (χ0) is 16.8.